The largest absolute Gasteiger partial charge is 0.507 e. The van der Waals surface area contributed by atoms with Crippen molar-refractivity contribution in [3.05, 3.63) is 93.8 Å². The maximum absolute atomic E-state index is 13.2. The van der Waals surface area contributed by atoms with Crippen LogP contribution in [0.15, 0.2) is 66.5 Å². The van der Waals surface area contributed by atoms with Gasteiger partial charge in [-0.1, -0.05) is 35.4 Å². The Morgan fingerprint density at radius 1 is 1.12 bits per heavy atom. The van der Waals surface area contributed by atoms with Crippen molar-refractivity contribution in [2.75, 3.05) is 12.0 Å². The van der Waals surface area contributed by atoms with Crippen molar-refractivity contribution in [3.8, 4) is 5.75 Å². The molecule has 2 aromatic carbocycles. The van der Waals surface area contributed by atoms with Gasteiger partial charge in [-0.3, -0.25) is 19.5 Å². The summed E-state index contributed by atoms with van der Waals surface area (Å²) in [7, 11) is 1.45. The van der Waals surface area contributed by atoms with Crippen LogP contribution in [0.5, 0.6) is 5.75 Å². The third-order valence-electron chi connectivity index (χ3n) is 5.47. The minimum absolute atomic E-state index is 0.0523. The zero-order valence-electron chi connectivity index (χ0n) is 17.8. The molecule has 7 heteroatoms. The lowest BCUT2D eigenvalue weighted by molar-refractivity contribution is -0.132. The van der Waals surface area contributed by atoms with E-state index < -0.39 is 17.7 Å². The molecule has 0 aliphatic carbocycles. The Kier molecular flexibility index (Phi) is 5.72. The first kappa shape index (κ1) is 21.6. The number of anilines is 1. The van der Waals surface area contributed by atoms with Crippen LogP contribution in [-0.2, 0) is 9.59 Å². The average molecular weight is 449 g/mol. The molecule has 1 fully saturated rings. The number of nitrogens with zero attached hydrogens (tertiary/aromatic N) is 2. The Morgan fingerprint density at radius 3 is 2.56 bits per heavy atom. The molecule has 1 saturated heterocycles. The van der Waals surface area contributed by atoms with Gasteiger partial charge in [0.2, 0.25) is 0 Å². The summed E-state index contributed by atoms with van der Waals surface area (Å²) in [6, 6.07) is 12.9. The van der Waals surface area contributed by atoms with Crippen LogP contribution in [0.1, 0.15) is 28.3 Å². The van der Waals surface area contributed by atoms with E-state index in [0.29, 0.717) is 22.0 Å². The van der Waals surface area contributed by atoms with Crippen molar-refractivity contribution >= 4 is 34.7 Å². The minimum Gasteiger partial charge on any atom is -0.507 e. The van der Waals surface area contributed by atoms with E-state index in [4.69, 9.17) is 16.3 Å². The van der Waals surface area contributed by atoms with Crippen LogP contribution < -0.4 is 9.64 Å². The molecule has 0 radical (unpaired) electrons. The number of Topliss-reactive ketones (excluding diaryl/α,β-unsaturated/α-hetero) is 1. The molecule has 0 bridgehead atoms. The van der Waals surface area contributed by atoms with E-state index in [1.165, 1.54) is 18.1 Å². The molecule has 1 aromatic heterocycles. The number of halogens is 1. The highest BCUT2D eigenvalue weighted by Crippen LogP contribution is 2.44. The predicted octanol–water partition coefficient (Wildman–Crippen LogP) is 4.99. The van der Waals surface area contributed by atoms with Gasteiger partial charge >= 0.3 is 0 Å². The van der Waals surface area contributed by atoms with Crippen molar-refractivity contribution < 1.29 is 19.4 Å². The Balaban J connectivity index is 2.00. The van der Waals surface area contributed by atoms with Gasteiger partial charge in [-0.25, -0.2) is 0 Å². The van der Waals surface area contributed by atoms with Gasteiger partial charge in [-0.2, -0.15) is 0 Å². The number of methoxy groups -OCH3 is 1. The van der Waals surface area contributed by atoms with E-state index in [-0.39, 0.29) is 16.9 Å². The van der Waals surface area contributed by atoms with Gasteiger partial charge in [-0.05, 0) is 55.3 Å². The molecule has 1 unspecified atom stereocenters. The number of ketones is 1. The van der Waals surface area contributed by atoms with E-state index in [1.807, 2.05) is 26.0 Å². The Labute approximate surface area is 190 Å². The van der Waals surface area contributed by atoms with Crippen LogP contribution in [0, 0.1) is 13.8 Å². The van der Waals surface area contributed by atoms with Crippen molar-refractivity contribution in [1.29, 1.82) is 0 Å². The van der Waals surface area contributed by atoms with Gasteiger partial charge in [0.15, 0.2) is 0 Å². The van der Waals surface area contributed by atoms with Gasteiger partial charge in [0, 0.05) is 23.1 Å². The van der Waals surface area contributed by atoms with E-state index in [2.05, 4.69) is 4.98 Å². The third-order valence-corrected chi connectivity index (χ3v) is 5.71. The molecule has 0 saturated carbocycles. The number of amides is 1. The number of aromatic nitrogens is 1. The van der Waals surface area contributed by atoms with Crippen molar-refractivity contribution in [1.82, 2.24) is 4.98 Å². The number of carbonyl (C=O) groups excluding carboxylic acids is 2. The summed E-state index contributed by atoms with van der Waals surface area (Å²) < 4.78 is 5.35. The number of aliphatic hydroxyl groups excluding tert-OH is 1. The highest BCUT2D eigenvalue weighted by Gasteiger charge is 2.47. The number of pyridine rings is 1. The lowest BCUT2D eigenvalue weighted by Crippen LogP contribution is -2.30. The summed E-state index contributed by atoms with van der Waals surface area (Å²) in [6.07, 6.45) is 3.18. The molecular weight excluding hydrogens is 428 g/mol. The van der Waals surface area contributed by atoms with Gasteiger partial charge < -0.3 is 9.84 Å². The molecule has 6 nitrogen and oxygen atoms in total. The third kappa shape index (κ3) is 3.63. The summed E-state index contributed by atoms with van der Waals surface area (Å²) in [5.41, 5.74) is 3.22. The molecule has 1 aliphatic heterocycles. The normalized spacial score (nSPS) is 17.6. The standard InChI is InChI=1S/C25H21ClN2O4/c1-14-6-8-19(15(2)11-14)28-22(16-5-4-10-27-13-16)21(24(30)25(28)31)23(29)18-12-17(26)7-9-20(18)32-3/h4-13,22,29H,1-3H3/b23-21+. The lowest BCUT2D eigenvalue weighted by Gasteiger charge is -2.26. The molecule has 1 N–H and O–H groups in total. The number of rotatable bonds is 4. The second-order valence-electron chi connectivity index (χ2n) is 7.59. The van der Waals surface area contributed by atoms with Gasteiger partial charge in [0.25, 0.3) is 11.7 Å². The monoisotopic (exact) mass is 448 g/mol. The number of benzene rings is 2. The summed E-state index contributed by atoms with van der Waals surface area (Å²) >= 11 is 6.14. The first-order valence-corrected chi connectivity index (χ1v) is 10.3. The second kappa shape index (κ2) is 8.48. The number of hydrogen-bond acceptors (Lipinski definition) is 5. The van der Waals surface area contributed by atoms with E-state index in [1.54, 1.807) is 42.7 Å². The highest BCUT2D eigenvalue weighted by molar-refractivity contribution is 6.51. The topological polar surface area (TPSA) is 79.7 Å². The molecule has 2 heterocycles. The summed E-state index contributed by atoms with van der Waals surface area (Å²) in [6.45, 7) is 3.83. The fourth-order valence-electron chi connectivity index (χ4n) is 4.02. The maximum Gasteiger partial charge on any atom is 0.300 e. The van der Waals surface area contributed by atoms with Crippen molar-refractivity contribution in [2.45, 2.75) is 19.9 Å². The van der Waals surface area contributed by atoms with Crippen LogP contribution in [0.4, 0.5) is 5.69 Å². The molecule has 32 heavy (non-hydrogen) atoms. The maximum atomic E-state index is 13.2. The van der Waals surface area contributed by atoms with Crippen LogP contribution in [0.3, 0.4) is 0 Å². The predicted molar refractivity (Wildman–Crippen MR) is 123 cm³/mol. The van der Waals surface area contributed by atoms with Gasteiger partial charge in [0.05, 0.1) is 24.3 Å². The smallest absolute Gasteiger partial charge is 0.300 e. The highest BCUT2D eigenvalue weighted by atomic mass is 35.5. The minimum atomic E-state index is -0.867. The van der Waals surface area contributed by atoms with E-state index >= 15 is 0 Å². The molecule has 1 aliphatic rings. The van der Waals surface area contributed by atoms with Crippen LogP contribution >= 0.6 is 11.6 Å². The molecule has 0 spiro atoms. The van der Waals surface area contributed by atoms with Crippen LogP contribution in [-0.4, -0.2) is 28.9 Å². The zero-order valence-corrected chi connectivity index (χ0v) is 18.6. The number of aryl methyl sites for hydroxylation is 2. The summed E-state index contributed by atoms with van der Waals surface area (Å²) in [5.74, 6) is -1.55. The Hall–Kier alpha value is -3.64. The molecule has 3 aromatic rings. The SMILES string of the molecule is COc1ccc(Cl)cc1/C(O)=C1\C(=O)C(=O)N(c2ccc(C)cc2C)C1c1cccnc1. The van der Waals surface area contributed by atoms with Crippen LogP contribution in [0.2, 0.25) is 5.02 Å². The van der Waals surface area contributed by atoms with Gasteiger partial charge in [0.1, 0.15) is 11.5 Å². The van der Waals surface area contributed by atoms with Crippen LogP contribution in [0.25, 0.3) is 5.76 Å². The quantitative estimate of drug-likeness (QED) is 0.345. The number of aliphatic hydroxyl groups is 1. The van der Waals surface area contributed by atoms with E-state index in [9.17, 15) is 14.7 Å². The molecule has 4 rings (SSSR count). The fourth-order valence-corrected chi connectivity index (χ4v) is 4.19. The summed E-state index contributed by atoms with van der Waals surface area (Å²) in [4.78, 5) is 32.1. The fraction of sp³-hybridized carbons (Fsp3) is 0.160. The Bertz CT molecular complexity index is 1250. The van der Waals surface area contributed by atoms with Crippen molar-refractivity contribution in [2.24, 2.45) is 0 Å². The first-order chi connectivity index (χ1) is 15.3. The van der Waals surface area contributed by atoms with Crippen molar-refractivity contribution in [3.63, 3.8) is 0 Å². The number of carbonyl (C=O) groups is 2. The zero-order chi connectivity index (χ0) is 23.0. The Morgan fingerprint density at radius 2 is 1.91 bits per heavy atom. The summed E-state index contributed by atoms with van der Waals surface area (Å²) in [5, 5.41) is 11.6. The first-order valence-electron chi connectivity index (χ1n) is 9.95. The lowest BCUT2D eigenvalue weighted by atomic mass is 9.95. The molecule has 1 atom stereocenters. The second-order valence-corrected chi connectivity index (χ2v) is 8.03. The average Bonchev–Trinajstić information content (AvgIpc) is 3.04. The number of hydrogen-bond donors (Lipinski definition) is 1. The molecule has 1 amide bonds. The molecule has 162 valence electrons. The molecular formula is C25H21ClN2O4. The number of ether oxygens (including phenoxy) is 1. The van der Waals surface area contributed by atoms with Gasteiger partial charge in [-0.15, -0.1) is 0 Å². The van der Waals surface area contributed by atoms with E-state index in [0.717, 1.165) is 11.1 Å².